The number of nitrogens with zero attached hydrogens (tertiary/aromatic N) is 1. The van der Waals surface area contributed by atoms with Crippen molar-refractivity contribution < 1.29 is 38.1 Å². The molecule has 32 heavy (non-hydrogen) atoms. The minimum atomic E-state index is -2.57. The molecule has 0 aliphatic rings. The lowest BCUT2D eigenvalue weighted by atomic mass is 10.2. The monoisotopic (exact) mass is 462 g/mol. The van der Waals surface area contributed by atoms with Gasteiger partial charge in [-0.15, -0.1) is 0 Å². The van der Waals surface area contributed by atoms with Gasteiger partial charge in [0, 0.05) is 13.1 Å². The SMILES string of the molecule is CC(C)(C)OC(=O)NC(=NCCCCCCNC(=O)C(F)C(=O)O)NC(=O)OC(C)(C)C. The van der Waals surface area contributed by atoms with Crippen molar-refractivity contribution >= 4 is 30.0 Å². The summed E-state index contributed by atoms with van der Waals surface area (Å²) >= 11 is 0. The van der Waals surface area contributed by atoms with Gasteiger partial charge in [-0.05, 0) is 54.4 Å². The van der Waals surface area contributed by atoms with Gasteiger partial charge >= 0.3 is 18.2 Å². The summed E-state index contributed by atoms with van der Waals surface area (Å²) in [7, 11) is 0. The first kappa shape index (κ1) is 29.1. The first-order valence-electron chi connectivity index (χ1n) is 10.3. The van der Waals surface area contributed by atoms with Crippen LogP contribution in [0.4, 0.5) is 14.0 Å². The fraction of sp³-hybridized carbons (Fsp3) is 0.750. The highest BCUT2D eigenvalue weighted by Crippen LogP contribution is 2.08. The molecule has 0 fully saturated rings. The Bertz CT molecular complexity index is 652. The minimum Gasteiger partial charge on any atom is -0.479 e. The van der Waals surface area contributed by atoms with E-state index in [-0.39, 0.29) is 19.0 Å². The standard InChI is InChI=1S/C20H35FN4O7/c1-19(2,3)31-17(29)24-16(25-18(30)32-20(4,5)6)23-12-10-8-7-9-11-22-14(26)13(21)15(27)28/h13H,7-12H2,1-6H3,(H,22,26)(H,27,28)(H2,23,24,25,29,30). The third-order valence-corrected chi connectivity index (χ3v) is 3.34. The molecule has 4 N–H and O–H groups in total. The van der Waals surface area contributed by atoms with Crippen LogP contribution in [-0.4, -0.2) is 65.6 Å². The highest BCUT2D eigenvalue weighted by molar-refractivity contribution is 6.01. The molecule has 0 aliphatic carbocycles. The van der Waals surface area contributed by atoms with Crippen molar-refractivity contribution in [3.63, 3.8) is 0 Å². The fourth-order valence-electron chi connectivity index (χ4n) is 2.11. The van der Waals surface area contributed by atoms with E-state index in [1.165, 1.54) is 0 Å². The Balaban J connectivity index is 4.52. The predicted molar refractivity (Wildman–Crippen MR) is 115 cm³/mol. The van der Waals surface area contributed by atoms with Crippen LogP contribution in [0.3, 0.4) is 0 Å². The van der Waals surface area contributed by atoms with Crippen LogP contribution in [0.5, 0.6) is 0 Å². The van der Waals surface area contributed by atoms with E-state index < -0.39 is 41.4 Å². The average molecular weight is 463 g/mol. The number of aliphatic carboxylic acids is 1. The molecule has 0 aromatic heterocycles. The van der Waals surface area contributed by atoms with Gasteiger partial charge in [-0.1, -0.05) is 12.8 Å². The number of aliphatic imine (C=N–C) groups is 1. The molecule has 0 aliphatic heterocycles. The Hall–Kier alpha value is -2.92. The number of carboxylic acids is 1. The Morgan fingerprint density at radius 2 is 1.34 bits per heavy atom. The second-order valence-corrected chi connectivity index (χ2v) is 8.89. The average Bonchev–Trinajstić information content (AvgIpc) is 2.59. The number of guanidine groups is 1. The van der Waals surface area contributed by atoms with Crippen LogP contribution >= 0.6 is 0 Å². The maximum Gasteiger partial charge on any atom is 0.414 e. The van der Waals surface area contributed by atoms with Crippen LogP contribution in [0.2, 0.25) is 0 Å². The number of hydrogen-bond donors (Lipinski definition) is 4. The number of rotatable bonds is 9. The van der Waals surface area contributed by atoms with Gasteiger partial charge in [-0.2, -0.15) is 0 Å². The van der Waals surface area contributed by atoms with Gasteiger partial charge in [-0.3, -0.25) is 20.4 Å². The zero-order valence-electron chi connectivity index (χ0n) is 19.5. The van der Waals surface area contributed by atoms with Crippen molar-refractivity contribution in [2.75, 3.05) is 13.1 Å². The largest absolute Gasteiger partial charge is 0.479 e. The summed E-state index contributed by atoms with van der Waals surface area (Å²) in [6, 6.07) is 0. The molecule has 3 amide bonds. The van der Waals surface area contributed by atoms with E-state index >= 15 is 0 Å². The maximum atomic E-state index is 12.9. The molecule has 0 bridgehead atoms. The molecule has 0 rings (SSSR count). The molecule has 0 spiro atoms. The van der Waals surface area contributed by atoms with E-state index in [1.54, 1.807) is 41.5 Å². The summed E-state index contributed by atoms with van der Waals surface area (Å²) in [5.41, 5.74) is -1.47. The lowest BCUT2D eigenvalue weighted by molar-refractivity contribution is -0.148. The Kier molecular flexibility index (Phi) is 12.3. The van der Waals surface area contributed by atoms with Crippen LogP contribution in [0.1, 0.15) is 67.2 Å². The molecule has 0 aromatic rings. The number of nitrogens with one attached hydrogen (secondary N) is 3. The van der Waals surface area contributed by atoms with Crippen LogP contribution in [0.25, 0.3) is 0 Å². The van der Waals surface area contributed by atoms with Crippen LogP contribution in [0.15, 0.2) is 4.99 Å². The summed E-state index contributed by atoms with van der Waals surface area (Å²) in [5, 5.41) is 15.4. The quantitative estimate of drug-likeness (QED) is 0.177. The smallest absolute Gasteiger partial charge is 0.414 e. The molecule has 1 unspecified atom stereocenters. The Labute approximate surface area is 187 Å². The number of carboxylic acid groups (broad SMARTS) is 1. The number of carbonyl (C=O) groups excluding carboxylic acids is 3. The minimum absolute atomic E-state index is 0.108. The van der Waals surface area contributed by atoms with Crippen molar-refractivity contribution in [2.45, 2.75) is 84.6 Å². The Morgan fingerprint density at radius 1 is 0.875 bits per heavy atom. The van der Waals surface area contributed by atoms with Gasteiger partial charge in [0.2, 0.25) is 5.96 Å². The van der Waals surface area contributed by atoms with Crippen LogP contribution in [0, 0.1) is 0 Å². The number of amides is 3. The van der Waals surface area contributed by atoms with E-state index in [0.29, 0.717) is 25.7 Å². The summed E-state index contributed by atoms with van der Waals surface area (Å²) < 4.78 is 23.2. The molecule has 0 heterocycles. The van der Waals surface area contributed by atoms with E-state index in [2.05, 4.69) is 20.9 Å². The third kappa shape index (κ3) is 15.9. The van der Waals surface area contributed by atoms with Crippen molar-refractivity contribution in [2.24, 2.45) is 4.99 Å². The number of hydrogen-bond acceptors (Lipinski definition) is 7. The molecule has 0 radical (unpaired) electrons. The van der Waals surface area contributed by atoms with Gasteiger partial charge in [-0.25, -0.2) is 18.8 Å². The summed E-state index contributed by atoms with van der Waals surface area (Å²) in [6.45, 7) is 10.6. The number of alkyl halides is 1. The molecule has 0 aromatic carbocycles. The van der Waals surface area contributed by atoms with E-state index in [9.17, 15) is 23.6 Å². The van der Waals surface area contributed by atoms with Crippen LogP contribution in [-0.2, 0) is 19.1 Å². The van der Waals surface area contributed by atoms with Gasteiger partial charge < -0.3 is 19.9 Å². The molecule has 12 heteroatoms. The second-order valence-electron chi connectivity index (χ2n) is 8.89. The molecule has 1 atom stereocenters. The third-order valence-electron chi connectivity index (χ3n) is 3.34. The van der Waals surface area contributed by atoms with Crippen molar-refractivity contribution in [1.82, 2.24) is 16.0 Å². The highest BCUT2D eigenvalue weighted by Gasteiger charge is 2.24. The number of alkyl carbamates (subject to hydrolysis) is 2. The zero-order valence-corrected chi connectivity index (χ0v) is 19.5. The van der Waals surface area contributed by atoms with Crippen LogP contribution < -0.4 is 16.0 Å². The summed E-state index contributed by atoms with van der Waals surface area (Å²) in [6.07, 6.45) is -1.63. The van der Waals surface area contributed by atoms with E-state index in [1.807, 2.05) is 0 Å². The first-order chi connectivity index (χ1) is 14.6. The topological polar surface area (TPSA) is 155 Å². The van der Waals surface area contributed by atoms with Crippen molar-refractivity contribution in [3.8, 4) is 0 Å². The van der Waals surface area contributed by atoms with Gasteiger partial charge in [0.05, 0.1) is 0 Å². The van der Waals surface area contributed by atoms with Crippen molar-refractivity contribution in [1.29, 1.82) is 0 Å². The normalized spacial score (nSPS) is 12.2. The molecular weight excluding hydrogens is 427 g/mol. The lowest BCUT2D eigenvalue weighted by Crippen LogP contribution is -2.47. The highest BCUT2D eigenvalue weighted by atomic mass is 19.1. The van der Waals surface area contributed by atoms with E-state index in [0.717, 1.165) is 0 Å². The van der Waals surface area contributed by atoms with E-state index in [4.69, 9.17) is 14.6 Å². The molecule has 11 nitrogen and oxygen atoms in total. The van der Waals surface area contributed by atoms with Gasteiger partial charge in [0.15, 0.2) is 0 Å². The number of carbonyl (C=O) groups is 4. The van der Waals surface area contributed by atoms with Crippen molar-refractivity contribution in [3.05, 3.63) is 0 Å². The maximum absolute atomic E-state index is 12.9. The number of unbranched alkanes of at least 4 members (excludes halogenated alkanes) is 3. The molecule has 184 valence electrons. The first-order valence-corrected chi connectivity index (χ1v) is 10.3. The fourth-order valence-corrected chi connectivity index (χ4v) is 2.11. The lowest BCUT2D eigenvalue weighted by Gasteiger charge is -2.22. The second kappa shape index (κ2) is 13.5. The molecular formula is C20H35FN4O7. The number of halogens is 1. The Morgan fingerprint density at radius 3 is 1.78 bits per heavy atom. The number of ether oxygens (including phenoxy) is 2. The zero-order chi connectivity index (χ0) is 24.9. The summed E-state index contributed by atoms with van der Waals surface area (Å²) in [5.74, 6) is -3.10. The summed E-state index contributed by atoms with van der Waals surface area (Å²) in [4.78, 5) is 49.7. The molecule has 0 saturated heterocycles. The van der Waals surface area contributed by atoms with Gasteiger partial charge in [0.1, 0.15) is 11.2 Å². The van der Waals surface area contributed by atoms with Gasteiger partial charge in [0.25, 0.3) is 12.1 Å². The molecule has 0 saturated carbocycles. The predicted octanol–water partition coefficient (Wildman–Crippen LogP) is 2.49.